The lowest BCUT2D eigenvalue weighted by Crippen LogP contribution is -2.34. The van der Waals surface area contributed by atoms with Gasteiger partial charge in [0.2, 0.25) is 0 Å². The van der Waals surface area contributed by atoms with Crippen LogP contribution in [0.15, 0.2) is 48.5 Å². The lowest BCUT2D eigenvalue weighted by Gasteiger charge is -2.09. The van der Waals surface area contributed by atoms with Gasteiger partial charge in [-0.2, -0.15) is 0 Å². The normalized spacial score (nSPS) is 9.76. The zero-order valence-corrected chi connectivity index (χ0v) is 11.6. The van der Waals surface area contributed by atoms with Crippen molar-refractivity contribution in [1.82, 2.24) is 5.32 Å². The monoisotopic (exact) mass is 280 g/mol. The van der Waals surface area contributed by atoms with Crippen LogP contribution in [-0.2, 0) is 0 Å². The second kappa shape index (κ2) is 6.47. The van der Waals surface area contributed by atoms with Crippen molar-refractivity contribution < 1.29 is 4.79 Å². The fraction of sp³-hybridized carbons (Fsp3) is 0.0625. The molecule has 2 rings (SSSR count). The standard InChI is InChI=1S/C16H16N4O/c1-11-5-7-13(8-6-11)15(18)20-16(21)19-14-4-2-3-12(9-14)10-17/h2-10,17H,1H3,(H3,18,19,20,21). The Morgan fingerprint density at radius 3 is 2.52 bits per heavy atom. The Balaban J connectivity index is 1.99. The lowest BCUT2D eigenvalue weighted by atomic mass is 10.1. The Bertz CT molecular complexity index is 677. The summed E-state index contributed by atoms with van der Waals surface area (Å²) in [5.41, 5.74) is 3.01. The first-order chi connectivity index (χ1) is 10.1. The van der Waals surface area contributed by atoms with Crippen LogP contribution in [0.1, 0.15) is 16.7 Å². The minimum atomic E-state index is -0.484. The van der Waals surface area contributed by atoms with Crippen molar-refractivity contribution in [2.75, 3.05) is 5.32 Å². The number of hydrogen-bond acceptors (Lipinski definition) is 3. The number of carbonyl (C=O) groups is 1. The maximum atomic E-state index is 11.8. The number of aryl methyl sites for hydroxylation is 1. The number of amidine groups is 1. The highest BCUT2D eigenvalue weighted by Gasteiger charge is 2.07. The molecule has 0 saturated carbocycles. The van der Waals surface area contributed by atoms with Crippen LogP contribution >= 0.6 is 0 Å². The summed E-state index contributed by atoms with van der Waals surface area (Å²) < 4.78 is 0. The van der Waals surface area contributed by atoms with Crippen molar-refractivity contribution in [2.24, 2.45) is 0 Å². The first kappa shape index (κ1) is 14.5. The Hall–Kier alpha value is -2.95. The van der Waals surface area contributed by atoms with E-state index >= 15 is 0 Å². The SMILES string of the molecule is Cc1ccc(C(=N)NC(=O)Nc2cccc(C=N)c2)cc1. The van der Waals surface area contributed by atoms with E-state index in [1.165, 1.54) is 6.21 Å². The molecule has 106 valence electrons. The first-order valence-electron chi connectivity index (χ1n) is 6.42. The number of amides is 2. The van der Waals surface area contributed by atoms with E-state index in [0.29, 0.717) is 16.8 Å². The van der Waals surface area contributed by atoms with E-state index in [2.05, 4.69) is 10.6 Å². The van der Waals surface area contributed by atoms with Gasteiger partial charge < -0.3 is 10.7 Å². The van der Waals surface area contributed by atoms with Gasteiger partial charge in [0.15, 0.2) is 0 Å². The quantitative estimate of drug-likeness (QED) is 0.505. The van der Waals surface area contributed by atoms with Crippen molar-refractivity contribution in [3.63, 3.8) is 0 Å². The molecule has 5 heteroatoms. The number of urea groups is 1. The summed E-state index contributed by atoms with van der Waals surface area (Å²) in [7, 11) is 0. The topological polar surface area (TPSA) is 88.8 Å². The molecule has 0 radical (unpaired) electrons. The number of rotatable bonds is 3. The third kappa shape index (κ3) is 4.01. The van der Waals surface area contributed by atoms with Crippen LogP contribution in [0.2, 0.25) is 0 Å². The minimum Gasteiger partial charge on any atom is -0.308 e. The summed E-state index contributed by atoms with van der Waals surface area (Å²) in [6, 6.07) is 13.8. The molecular weight excluding hydrogens is 264 g/mol. The van der Waals surface area contributed by atoms with Crippen LogP contribution in [0.4, 0.5) is 10.5 Å². The van der Waals surface area contributed by atoms with Gasteiger partial charge >= 0.3 is 6.03 Å². The second-order valence-corrected chi connectivity index (χ2v) is 4.59. The molecular formula is C16H16N4O. The molecule has 4 N–H and O–H groups in total. The van der Waals surface area contributed by atoms with Crippen LogP contribution in [0, 0.1) is 17.7 Å². The van der Waals surface area contributed by atoms with Gasteiger partial charge in [-0.3, -0.25) is 10.7 Å². The molecule has 0 fully saturated rings. The summed E-state index contributed by atoms with van der Waals surface area (Å²) in [6.07, 6.45) is 1.21. The molecule has 0 aliphatic carbocycles. The molecule has 0 aliphatic heterocycles. The average molecular weight is 280 g/mol. The van der Waals surface area contributed by atoms with Gasteiger partial charge in [-0.15, -0.1) is 0 Å². The number of hydrogen-bond donors (Lipinski definition) is 4. The van der Waals surface area contributed by atoms with Crippen molar-refractivity contribution in [2.45, 2.75) is 6.92 Å². The number of carbonyl (C=O) groups excluding carboxylic acids is 1. The highest BCUT2D eigenvalue weighted by molar-refractivity contribution is 6.09. The van der Waals surface area contributed by atoms with Crippen LogP contribution in [0.3, 0.4) is 0 Å². The van der Waals surface area contributed by atoms with Crippen molar-refractivity contribution in [3.8, 4) is 0 Å². The van der Waals surface area contributed by atoms with E-state index in [-0.39, 0.29) is 5.84 Å². The van der Waals surface area contributed by atoms with Crippen LogP contribution in [-0.4, -0.2) is 18.1 Å². The zero-order valence-electron chi connectivity index (χ0n) is 11.6. The van der Waals surface area contributed by atoms with Gasteiger partial charge in [-0.1, -0.05) is 42.0 Å². The lowest BCUT2D eigenvalue weighted by molar-refractivity contribution is 0.256. The van der Waals surface area contributed by atoms with E-state index in [4.69, 9.17) is 10.8 Å². The van der Waals surface area contributed by atoms with Crippen molar-refractivity contribution in [1.29, 1.82) is 10.8 Å². The smallest absolute Gasteiger partial charge is 0.308 e. The molecule has 0 unspecified atom stereocenters. The van der Waals surface area contributed by atoms with E-state index in [1.54, 1.807) is 36.4 Å². The number of benzene rings is 2. The fourth-order valence-electron chi connectivity index (χ4n) is 1.77. The highest BCUT2D eigenvalue weighted by Crippen LogP contribution is 2.09. The van der Waals surface area contributed by atoms with Gasteiger partial charge in [0.1, 0.15) is 5.84 Å². The first-order valence-corrected chi connectivity index (χ1v) is 6.42. The Labute approximate surface area is 123 Å². The van der Waals surface area contributed by atoms with Gasteiger partial charge in [0.05, 0.1) is 0 Å². The second-order valence-electron chi connectivity index (χ2n) is 4.59. The van der Waals surface area contributed by atoms with E-state index in [0.717, 1.165) is 5.56 Å². The van der Waals surface area contributed by atoms with Gasteiger partial charge in [-0.05, 0) is 24.6 Å². The number of anilines is 1. The molecule has 0 saturated heterocycles. The predicted octanol–water partition coefficient (Wildman–Crippen LogP) is 3.14. The van der Waals surface area contributed by atoms with Crippen LogP contribution in [0.25, 0.3) is 0 Å². The van der Waals surface area contributed by atoms with E-state index in [1.807, 2.05) is 19.1 Å². The molecule has 5 nitrogen and oxygen atoms in total. The molecule has 0 spiro atoms. The van der Waals surface area contributed by atoms with Gasteiger partial charge in [0.25, 0.3) is 0 Å². The number of nitrogens with one attached hydrogen (secondary N) is 4. The van der Waals surface area contributed by atoms with Crippen LogP contribution < -0.4 is 10.6 Å². The van der Waals surface area contributed by atoms with Gasteiger partial charge in [0, 0.05) is 17.5 Å². The largest absolute Gasteiger partial charge is 0.324 e. The summed E-state index contributed by atoms with van der Waals surface area (Å²) in [6.45, 7) is 1.96. The third-order valence-electron chi connectivity index (χ3n) is 2.89. The summed E-state index contributed by atoms with van der Waals surface area (Å²) in [4.78, 5) is 11.8. The van der Waals surface area contributed by atoms with Crippen LogP contribution in [0.5, 0.6) is 0 Å². The van der Waals surface area contributed by atoms with E-state index in [9.17, 15) is 4.79 Å². The fourth-order valence-corrected chi connectivity index (χ4v) is 1.77. The maximum Gasteiger partial charge on any atom is 0.324 e. The molecule has 2 amide bonds. The minimum absolute atomic E-state index is 0.0377. The highest BCUT2D eigenvalue weighted by atomic mass is 16.2. The van der Waals surface area contributed by atoms with Crippen molar-refractivity contribution >= 4 is 23.8 Å². The third-order valence-corrected chi connectivity index (χ3v) is 2.89. The Morgan fingerprint density at radius 1 is 1.14 bits per heavy atom. The summed E-state index contributed by atoms with van der Waals surface area (Å²) in [5.74, 6) is 0.0377. The molecule has 2 aromatic rings. The predicted molar refractivity (Wildman–Crippen MR) is 84.5 cm³/mol. The molecule has 2 aromatic carbocycles. The molecule has 0 bridgehead atoms. The average Bonchev–Trinajstić information content (AvgIpc) is 2.47. The summed E-state index contributed by atoms with van der Waals surface area (Å²) in [5, 5.41) is 20.2. The molecule has 21 heavy (non-hydrogen) atoms. The van der Waals surface area contributed by atoms with Gasteiger partial charge in [-0.25, -0.2) is 4.79 Å². The van der Waals surface area contributed by atoms with Crippen molar-refractivity contribution in [3.05, 3.63) is 65.2 Å². The molecule has 0 aromatic heterocycles. The Morgan fingerprint density at radius 2 is 1.86 bits per heavy atom. The molecule has 0 atom stereocenters. The van der Waals surface area contributed by atoms with E-state index < -0.39 is 6.03 Å². The molecule has 0 aliphatic rings. The zero-order chi connectivity index (χ0) is 15.2. The Kier molecular flexibility index (Phi) is 4.46. The summed E-state index contributed by atoms with van der Waals surface area (Å²) >= 11 is 0. The maximum absolute atomic E-state index is 11.8. The molecule has 0 heterocycles.